The van der Waals surface area contributed by atoms with Crippen LogP contribution >= 0.6 is 0 Å². The van der Waals surface area contributed by atoms with E-state index in [0.29, 0.717) is 5.82 Å². The van der Waals surface area contributed by atoms with Crippen LogP contribution in [0.5, 0.6) is 0 Å². The van der Waals surface area contributed by atoms with Crippen molar-refractivity contribution in [3.05, 3.63) is 168 Å². The van der Waals surface area contributed by atoms with Gasteiger partial charge in [0.05, 0.1) is 23.0 Å². The summed E-state index contributed by atoms with van der Waals surface area (Å²) >= 11 is 0. The zero-order valence-electron chi connectivity index (χ0n) is 27.8. The van der Waals surface area contributed by atoms with E-state index < -0.39 is 0 Å². The smallest absolute Gasteiger partial charge is 0.160 e. The third-order valence-corrected chi connectivity index (χ3v) is 10.8. The highest BCUT2D eigenvalue weighted by Crippen LogP contribution is 2.56. The molecule has 0 saturated heterocycles. The summed E-state index contributed by atoms with van der Waals surface area (Å²) in [4.78, 5) is 10.3. The lowest BCUT2D eigenvalue weighted by Crippen LogP contribution is -2.28. The first-order chi connectivity index (χ1) is 24.7. The van der Waals surface area contributed by atoms with E-state index in [1.165, 1.54) is 58.2 Å². The number of hydrogen-bond donors (Lipinski definition) is 0. The molecule has 3 nitrogen and oxygen atoms in total. The van der Waals surface area contributed by atoms with E-state index >= 15 is 0 Å². The summed E-state index contributed by atoms with van der Waals surface area (Å²) in [5.74, 6) is 0.707. The summed E-state index contributed by atoms with van der Waals surface area (Å²) in [5.41, 5.74) is 15.6. The minimum Gasteiger partial charge on any atom is -0.228 e. The Morgan fingerprint density at radius 1 is 0.440 bits per heavy atom. The number of benzene rings is 6. The maximum absolute atomic E-state index is 9.79. The summed E-state index contributed by atoms with van der Waals surface area (Å²) in [6.45, 7) is 0. The predicted molar refractivity (Wildman–Crippen MR) is 203 cm³/mol. The summed E-state index contributed by atoms with van der Waals surface area (Å²) < 4.78 is 0. The van der Waals surface area contributed by atoms with Crippen LogP contribution < -0.4 is 0 Å². The quantitative estimate of drug-likeness (QED) is 0.188. The molecule has 1 spiro atoms. The number of hydrogen-bond acceptors (Lipinski definition) is 3. The van der Waals surface area contributed by atoms with Gasteiger partial charge in [-0.15, -0.1) is 0 Å². The Labute approximate surface area is 293 Å². The summed E-state index contributed by atoms with van der Waals surface area (Å²) in [5, 5.41) is 9.79. The molecule has 9 rings (SSSR count). The van der Waals surface area contributed by atoms with E-state index in [4.69, 9.17) is 9.97 Å². The van der Waals surface area contributed by atoms with Gasteiger partial charge >= 0.3 is 0 Å². The average Bonchev–Trinajstić information content (AvgIpc) is 3.45. The highest BCUT2D eigenvalue weighted by atomic mass is 14.9. The molecule has 1 fully saturated rings. The molecule has 1 heterocycles. The summed E-state index contributed by atoms with van der Waals surface area (Å²) in [7, 11) is 0. The molecule has 238 valence electrons. The molecule has 0 unspecified atom stereocenters. The topological polar surface area (TPSA) is 49.6 Å². The lowest BCUT2D eigenvalue weighted by molar-refractivity contribution is 0.353. The Bertz CT molecular complexity index is 2400. The van der Waals surface area contributed by atoms with E-state index in [-0.39, 0.29) is 5.41 Å². The van der Waals surface area contributed by atoms with Crippen molar-refractivity contribution in [2.24, 2.45) is 0 Å². The van der Waals surface area contributed by atoms with Crippen molar-refractivity contribution in [2.75, 3.05) is 0 Å². The fourth-order valence-electron chi connectivity index (χ4n) is 8.30. The van der Waals surface area contributed by atoms with Gasteiger partial charge in [0, 0.05) is 22.1 Å². The zero-order valence-corrected chi connectivity index (χ0v) is 27.8. The van der Waals surface area contributed by atoms with Crippen LogP contribution in [0.25, 0.3) is 67.3 Å². The first kappa shape index (κ1) is 30.0. The van der Waals surface area contributed by atoms with Crippen molar-refractivity contribution < 1.29 is 0 Å². The molecular formula is C47H35N3. The second-order valence-corrected chi connectivity index (χ2v) is 13.6. The fraction of sp³-hybridized carbons (Fsp3) is 0.128. The van der Waals surface area contributed by atoms with Crippen LogP contribution in [0.15, 0.2) is 152 Å². The summed E-state index contributed by atoms with van der Waals surface area (Å²) in [6.07, 6.45) is 5.91. The first-order valence-corrected chi connectivity index (χ1v) is 17.6. The minimum atomic E-state index is -0.0464. The Kier molecular flexibility index (Phi) is 7.44. The average molecular weight is 642 g/mol. The highest BCUT2D eigenvalue weighted by molar-refractivity contribution is 5.89. The van der Waals surface area contributed by atoms with E-state index in [1.54, 1.807) is 0 Å². The van der Waals surface area contributed by atoms with Crippen molar-refractivity contribution in [2.45, 2.75) is 37.5 Å². The lowest BCUT2D eigenvalue weighted by atomic mass is 9.67. The third-order valence-electron chi connectivity index (χ3n) is 10.8. The molecule has 1 aromatic heterocycles. The highest BCUT2D eigenvalue weighted by Gasteiger charge is 2.44. The third kappa shape index (κ3) is 5.13. The van der Waals surface area contributed by atoms with Crippen LogP contribution in [0.4, 0.5) is 0 Å². The van der Waals surface area contributed by atoms with Crippen LogP contribution in [0, 0.1) is 11.3 Å². The van der Waals surface area contributed by atoms with Gasteiger partial charge in [0.1, 0.15) is 0 Å². The Morgan fingerprint density at radius 2 is 1.00 bits per heavy atom. The van der Waals surface area contributed by atoms with Gasteiger partial charge in [-0.05, 0) is 81.6 Å². The molecule has 2 aliphatic rings. The fourth-order valence-corrected chi connectivity index (χ4v) is 8.30. The van der Waals surface area contributed by atoms with Gasteiger partial charge < -0.3 is 0 Å². The minimum absolute atomic E-state index is 0.0464. The van der Waals surface area contributed by atoms with Crippen LogP contribution in [0.1, 0.15) is 48.8 Å². The van der Waals surface area contributed by atoms with Crippen molar-refractivity contribution in [3.63, 3.8) is 0 Å². The Hall–Kier alpha value is -6.11. The molecule has 0 radical (unpaired) electrons. The van der Waals surface area contributed by atoms with Crippen molar-refractivity contribution in [1.29, 1.82) is 5.26 Å². The van der Waals surface area contributed by atoms with Crippen LogP contribution in [0.3, 0.4) is 0 Å². The van der Waals surface area contributed by atoms with Gasteiger partial charge in [-0.1, -0.05) is 147 Å². The molecule has 0 amide bonds. The largest absolute Gasteiger partial charge is 0.228 e. The lowest BCUT2D eigenvalue weighted by Gasteiger charge is -2.36. The molecule has 0 aliphatic heterocycles. The van der Waals surface area contributed by atoms with Crippen LogP contribution in [0.2, 0.25) is 0 Å². The standard InChI is InChI=1S/C47H35N3/c48-31-32-18-24-39-40-25-23-37(29-43(40)47(42(39)28-32)26-10-3-11-27-47)38-16-8-9-17-41(38)45-30-44(49-46(50-45)36-14-6-2-7-15-36)35-21-19-34(20-22-35)33-12-4-1-5-13-33/h1-2,4-9,12-25,28-30H,3,10-11,26-27H2. The number of nitrogens with zero attached hydrogens (tertiary/aromatic N) is 3. The van der Waals surface area contributed by atoms with E-state index in [2.05, 4.69) is 127 Å². The second-order valence-electron chi connectivity index (χ2n) is 13.6. The molecule has 1 saturated carbocycles. The van der Waals surface area contributed by atoms with Gasteiger partial charge in [-0.3, -0.25) is 0 Å². The molecule has 0 bridgehead atoms. The maximum Gasteiger partial charge on any atom is 0.160 e. The second kappa shape index (κ2) is 12.4. The summed E-state index contributed by atoms with van der Waals surface area (Å²) in [6, 6.07) is 55.9. The normalized spacial score (nSPS) is 14.1. The zero-order chi connectivity index (χ0) is 33.5. The molecule has 50 heavy (non-hydrogen) atoms. The molecule has 0 atom stereocenters. The van der Waals surface area contributed by atoms with Crippen molar-refractivity contribution in [1.82, 2.24) is 9.97 Å². The van der Waals surface area contributed by atoms with Gasteiger partial charge in [-0.25, -0.2) is 9.97 Å². The van der Waals surface area contributed by atoms with Crippen molar-refractivity contribution >= 4 is 0 Å². The SMILES string of the molecule is N#Cc1ccc2c(c1)C1(CCCCC1)c1cc(-c3ccccc3-c3cc(-c4ccc(-c5ccccc5)cc4)nc(-c4ccccc4)n3)ccc1-2. The van der Waals surface area contributed by atoms with Crippen LogP contribution in [-0.2, 0) is 5.41 Å². The van der Waals surface area contributed by atoms with E-state index in [1.807, 2.05) is 30.3 Å². The molecule has 3 heteroatoms. The number of rotatable bonds is 5. The molecular weight excluding hydrogens is 607 g/mol. The Balaban J connectivity index is 1.18. The van der Waals surface area contributed by atoms with Gasteiger partial charge in [0.15, 0.2) is 5.82 Å². The Morgan fingerprint density at radius 3 is 1.72 bits per heavy atom. The molecule has 2 aliphatic carbocycles. The molecule has 6 aromatic carbocycles. The van der Waals surface area contributed by atoms with E-state index in [0.717, 1.165) is 52.0 Å². The first-order valence-electron chi connectivity index (χ1n) is 17.6. The number of fused-ring (bicyclic) bond motifs is 5. The number of nitriles is 1. The molecule has 0 N–H and O–H groups in total. The molecule has 7 aromatic rings. The van der Waals surface area contributed by atoms with Crippen LogP contribution in [-0.4, -0.2) is 9.97 Å². The number of aromatic nitrogens is 2. The van der Waals surface area contributed by atoms with E-state index in [9.17, 15) is 5.26 Å². The van der Waals surface area contributed by atoms with Gasteiger partial charge in [0.25, 0.3) is 0 Å². The van der Waals surface area contributed by atoms with Gasteiger partial charge in [-0.2, -0.15) is 5.26 Å². The maximum atomic E-state index is 9.79. The predicted octanol–water partition coefficient (Wildman–Crippen LogP) is 11.9. The van der Waals surface area contributed by atoms with Crippen molar-refractivity contribution in [3.8, 4) is 73.4 Å². The monoisotopic (exact) mass is 641 g/mol. The van der Waals surface area contributed by atoms with Gasteiger partial charge in [0.2, 0.25) is 0 Å².